The van der Waals surface area contributed by atoms with Gasteiger partial charge in [-0.25, -0.2) is 0 Å². The minimum atomic E-state index is 0.518. The summed E-state index contributed by atoms with van der Waals surface area (Å²) in [4.78, 5) is 0. The molecule has 0 unspecified atom stereocenters. The average Bonchev–Trinajstić information content (AvgIpc) is 1.81. The van der Waals surface area contributed by atoms with Gasteiger partial charge in [-0.1, -0.05) is 6.08 Å². The molecule has 2 nitrogen and oxygen atoms in total. The molecular weight excluding hydrogens is 100 g/mol. The highest BCUT2D eigenvalue weighted by molar-refractivity contribution is 4.68. The summed E-state index contributed by atoms with van der Waals surface area (Å²) in [6, 6.07) is 0. The van der Waals surface area contributed by atoms with Crippen molar-refractivity contribution in [3.05, 3.63) is 12.7 Å². The quantitative estimate of drug-likeness (QED) is 0.407. The molecule has 0 rings (SSSR count). The Hall–Kier alpha value is -0.340. The third-order valence-electron chi connectivity index (χ3n) is 0.819. The van der Waals surface area contributed by atoms with E-state index in [9.17, 15) is 0 Å². The lowest BCUT2D eigenvalue weighted by Crippen LogP contribution is -2.15. The van der Waals surface area contributed by atoms with E-state index in [-0.39, 0.29) is 0 Å². The van der Waals surface area contributed by atoms with Crippen molar-refractivity contribution in [2.75, 3.05) is 19.6 Å². The predicted molar refractivity (Wildman–Crippen MR) is 35.6 cm³/mol. The molecule has 8 heavy (non-hydrogen) atoms. The van der Waals surface area contributed by atoms with Crippen molar-refractivity contribution in [1.82, 2.24) is 11.1 Å². The van der Waals surface area contributed by atoms with Crippen LogP contribution in [0.2, 0.25) is 0 Å². The maximum atomic E-state index is 6.77. The molecule has 0 atom stereocenters. The average molecular weight is 113 g/mol. The van der Waals surface area contributed by atoms with E-state index in [1.165, 1.54) is 0 Å². The SMILES string of the molecule is C=CCNCCC[NH]. The highest BCUT2D eigenvalue weighted by atomic mass is 14.8. The molecule has 1 radical (unpaired) electrons. The number of hydrogen-bond acceptors (Lipinski definition) is 1. The number of rotatable bonds is 5. The Balaban J connectivity index is 2.62. The van der Waals surface area contributed by atoms with Gasteiger partial charge in [0.1, 0.15) is 0 Å². The van der Waals surface area contributed by atoms with Gasteiger partial charge in [-0.2, -0.15) is 0 Å². The first-order valence-electron chi connectivity index (χ1n) is 2.88. The molecule has 0 aliphatic rings. The van der Waals surface area contributed by atoms with Crippen LogP contribution in [-0.2, 0) is 0 Å². The van der Waals surface area contributed by atoms with E-state index in [1.54, 1.807) is 0 Å². The fraction of sp³-hybridized carbons (Fsp3) is 0.667. The molecule has 0 aromatic carbocycles. The second kappa shape index (κ2) is 6.66. The van der Waals surface area contributed by atoms with Gasteiger partial charge in [0.2, 0.25) is 0 Å². The summed E-state index contributed by atoms with van der Waals surface area (Å²) < 4.78 is 0. The smallest absolute Gasteiger partial charge is 0.0132 e. The molecule has 0 aliphatic carbocycles. The van der Waals surface area contributed by atoms with Gasteiger partial charge in [0.15, 0.2) is 0 Å². The van der Waals surface area contributed by atoms with Gasteiger partial charge in [0, 0.05) is 13.1 Å². The van der Waals surface area contributed by atoms with Crippen LogP contribution < -0.4 is 11.1 Å². The summed E-state index contributed by atoms with van der Waals surface area (Å²) in [6.07, 6.45) is 2.76. The van der Waals surface area contributed by atoms with Crippen LogP contribution in [0.1, 0.15) is 6.42 Å². The van der Waals surface area contributed by atoms with Gasteiger partial charge in [0.25, 0.3) is 0 Å². The first-order chi connectivity index (χ1) is 3.91. The standard InChI is InChI=1S/C6H13N2/c1-2-5-8-6-3-4-7/h2,7-8H,1,3-6H2. The molecule has 47 valence electrons. The molecule has 0 heterocycles. The maximum Gasteiger partial charge on any atom is 0.0132 e. The summed E-state index contributed by atoms with van der Waals surface area (Å²) in [6.45, 7) is 5.87. The zero-order valence-electron chi connectivity index (χ0n) is 5.11. The van der Waals surface area contributed by atoms with Gasteiger partial charge >= 0.3 is 0 Å². The van der Waals surface area contributed by atoms with Gasteiger partial charge in [0.05, 0.1) is 0 Å². The number of hydrogen-bond donors (Lipinski definition) is 1. The Morgan fingerprint density at radius 3 is 2.88 bits per heavy atom. The summed E-state index contributed by atoms with van der Waals surface area (Å²) >= 11 is 0. The van der Waals surface area contributed by atoms with Crippen molar-refractivity contribution in [2.45, 2.75) is 6.42 Å². The molecule has 2 N–H and O–H groups in total. The van der Waals surface area contributed by atoms with Crippen LogP contribution in [-0.4, -0.2) is 19.6 Å². The van der Waals surface area contributed by atoms with Gasteiger partial charge in [-0.15, -0.1) is 6.58 Å². The third-order valence-corrected chi connectivity index (χ3v) is 0.819. The van der Waals surface area contributed by atoms with Crippen molar-refractivity contribution in [3.8, 4) is 0 Å². The zero-order valence-corrected chi connectivity index (χ0v) is 5.11. The summed E-state index contributed by atoms with van der Waals surface area (Å²) in [5, 5.41) is 3.10. The monoisotopic (exact) mass is 113 g/mol. The molecule has 0 spiro atoms. The minimum Gasteiger partial charge on any atom is -0.313 e. The summed E-state index contributed by atoms with van der Waals surface area (Å²) in [5.41, 5.74) is 6.77. The Morgan fingerprint density at radius 2 is 2.38 bits per heavy atom. The molecule has 2 heteroatoms. The Labute approximate surface area is 50.8 Å². The van der Waals surface area contributed by atoms with Crippen molar-refractivity contribution < 1.29 is 0 Å². The highest BCUT2D eigenvalue weighted by Crippen LogP contribution is 1.69. The normalized spacial score (nSPS) is 9.12. The molecule has 0 amide bonds. The van der Waals surface area contributed by atoms with E-state index < -0.39 is 0 Å². The lowest BCUT2D eigenvalue weighted by molar-refractivity contribution is 0.694. The Kier molecular flexibility index (Phi) is 6.38. The van der Waals surface area contributed by atoms with Crippen molar-refractivity contribution in [1.29, 1.82) is 0 Å². The predicted octanol–water partition coefficient (Wildman–Crippen LogP) is 0.435. The van der Waals surface area contributed by atoms with Crippen LogP contribution in [0.5, 0.6) is 0 Å². The second-order valence-electron chi connectivity index (χ2n) is 1.60. The minimum absolute atomic E-state index is 0.518. The van der Waals surface area contributed by atoms with Crippen LogP contribution in [0.4, 0.5) is 0 Å². The van der Waals surface area contributed by atoms with Crippen LogP contribution >= 0.6 is 0 Å². The van der Waals surface area contributed by atoms with E-state index in [4.69, 9.17) is 5.73 Å². The highest BCUT2D eigenvalue weighted by Gasteiger charge is 1.79. The summed E-state index contributed by atoms with van der Waals surface area (Å²) in [5.74, 6) is 0. The molecule has 0 saturated carbocycles. The van der Waals surface area contributed by atoms with Gasteiger partial charge in [-0.3, -0.25) is 5.73 Å². The topological polar surface area (TPSA) is 35.8 Å². The molecule has 0 aromatic heterocycles. The van der Waals surface area contributed by atoms with Crippen LogP contribution in [0, 0.1) is 0 Å². The number of nitrogens with one attached hydrogen (secondary N) is 2. The molecule has 0 fully saturated rings. The lowest BCUT2D eigenvalue weighted by Gasteiger charge is -1.95. The lowest BCUT2D eigenvalue weighted by atomic mass is 10.4. The van der Waals surface area contributed by atoms with Gasteiger partial charge < -0.3 is 5.32 Å². The van der Waals surface area contributed by atoms with E-state index >= 15 is 0 Å². The van der Waals surface area contributed by atoms with Crippen molar-refractivity contribution in [3.63, 3.8) is 0 Å². The van der Waals surface area contributed by atoms with Crippen LogP contribution in [0.25, 0.3) is 0 Å². The second-order valence-corrected chi connectivity index (χ2v) is 1.60. The maximum absolute atomic E-state index is 6.77. The first-order valence-corrected chi connectivity index (χ1v) is 2.88. The third kappa shape index (κ3) is 5.66. The Bertz CT molecular complexity index is 52.5. The van der Waals surface area contributed by atoms with E-state index in [0.29, 0.717) is 6.54 Å². The zero-order chi connectivity index (χ0) is 6.24. The van der Waals surface area contributed by atoms with Crippen molar-refractivity contribution in [2.24, 2.45) is 0 Å². The fourth-order valence-electron chi connectivity index (χ4n) is 0.418. The van der Waals surface area contributed by atoms with Gasteiger partial charge in [-0.05, 0) is 13.0 Å². The van der Waals surface area contributed by atoms with Crippen molar-refractivity contribution >= 4 is 0 Å². The van der Waals surface area contributed by atoms with E-state index in [0.717, 1.165) is 19.5 Å². The summed E-state index contributed by atoms with van der Waals surface area (Å²) in [7, 11) is 0. The molecule has 0 aliphatic heterocycles. The van der Waals surface area contributed by atoms with E-state index in [2.05, 4.69) is 11.9 Å². The largest absolute Gasteiger partial charge is 0.313 e. The van der Waals surface area contributed by atoms with Crippen LogP contribution in [0.3, 0.4) is 0 Å². The molecule has 0 aromatic rings. The van der Waals surface area contributed by atoms with Crippen LogP contribution in [0.15, 0.2) is 12.7 Å². The Morgan fingerprint density at radius 1 is 1.62 bits per heavy atom. The fourth-order valence-corrected chi connectivity index (χ4v) is 0.418. The van der Waals surface area contributed by atoms with E-state index in [1.807, 2.05) is 6.08 Å². The molecular formula is C6H13N2. The molecule has 0 bridgehead atoms. The molecule has 0 saturated heterocycles. The first kappa shape index (κ1) is 7.66.